The molecule has 0 aromatic heterocycles. The Morgan fingerprint density at radius 3 is 2.36 bits per heavy atom. The van der Waals surface area contributed by atoms with Crippen molar-refractivity contribution in [3.63, 3.8) is 0 Å². The molecule has 0 saturated heterocycles. The monoisotopic (exact) mass is 309 g/mol. The van der Waals surface area contributed by atoms with Gasteiger partial charge in [0.2, 0.25) is 5.91 Å². The number of hydrogen-bond donors (Lipinski definition) is 2. The van der Waals surface area contributed by atoms with Crippen LogP contribution in [0, 0.1) is 5.92 Å². The zero-order valence-electron chi connectivity index (χ0n) is 13.4. The molecule has 0 aliphatic heterocycles. The lowest BCUT2D eigenvalue weighted by Gasteiger charge is -2.21. The van der Waals surface area contributed by atoms with Gasteiger partial charge in [-0.05, 0) is 18.1 Å². The summed E-state index contributed by atoms with van der Waals surface area (Å²) in [6.07, 6.45) is 0.126. The number of methoxy groups -OCH3 is 2. The predicted octanol–water partition coefficient (Wildman–Crippen LogP) is 2.38. The Bertz CT molecular complexity index is 527. The summed E-state index contributed by atoms with van der Waals surface area (Å²) in [5.74, 6) is 0.105. The maximum Gasteiger partial charge on any atom is 0.305 e. The fourth-order valence-electron chi connectivity index (χ4n) is 2.14. The number of aliphatic carboxylic acids is 1. The highest BCUT2D eigenvalue weighted by atomic mass is 16.5. The van der Waals surface area contributed by atoms with Crippen molar-refractivity contribution >= 4 is 11.9 Å². The van der Waals surface area contributed by atoms with Gasteiger partial charge in [-0.3, -0.25) is 9.59 Å². The third-order valence-electron chi connectivity index (χ3n) is 3.12. The van der Waals surface area contributed by atoms with Gasteiger partial charge in [0.1, 0.15) is 11.5 Å². The highest BCUT2D eigenvalue weighted by molar-refractivity contribution is 5.78. The van der Waals surface area contributed by atoms with Crippen molar-refractivity contribution in [2.24, 2.45) is 5.92 Å². The number of nitrogens with one attached hydrogen (secondary N) is 1. The summed E-state index contributed by atoms with van der Waals surface area (Å²) in [5.41, 5.74) is 0.614. The molecule has 2 N–H and O–H groups in total. The fourth-order valence-corrected chi connectivity index (χ4v) is 2.14. The molecule has 0 fully saturated rings. The maximum atomic E-state index is 12.0. The SMILES string of the molecule is COc1ccc(C(CC(=O)O)NC(=O)CC(C)C)c(OC)c1. The van der Waals surface area contributed by atoms with Gasteiger partial charge in [-0.25, -0.2) is 0 Å². The van der Waals surface area contributed by atoms with Gasteiger partial charge in [0, 0.05) is 18.1 Å². The van der Waals surface area contributed by atoms with Gasteiger partial charge < -0.3 is 19.9 Å². The van der Waals surface area contributed by atoms with Crippen molar-refractivity contribution in [3.05, 3.63) is 23.8 Å². The van der Waals surface area contributed by atoms with Gasteiger partial charge >= 0.3 is 5.97 Å². The van der Waals surface area contributed by atoms with Gasteiger partial charge in [0.25, 0.3) is 0 Å². The van der Waals surface area contributed by atoms with Crippen LogP contribution in [0.1, 0.15) is 38.3 Å². The Labute approximate surface area is 130 Å². The zero-order chi connectivity index (χ0) is 16.7. The third-order valence-corrected chi connectivity index (χ3v) is 3.12. The van der Waals surface area contributed by atoms with Crippen LogP contribution in [0.3, 0.4) is 0 Å². The molecule has 1 aromatic carbocycles. The summed E-state index contributed by atoms with van der Waals surface area (Å²) in [4.78, 5) is 23.1. The molecule has 0 bridgehead atoms. The van der Waals surface area contributed by atoms with E-state index < -0.39 is 12.0 Å². The maximum absolute atomic E-state index is 12.0. The molecule has 6 heteroatoms. The van der Waals surface area contributed by atoms with Crippen LogP contribution in [-0.4, -0.2) is 31.2 Å². The quantitative estimate of drug-likeness (QED) is 0.770. The number of benzene rings is 1. The van der Waals surface area contributed by atoms with Gasteiger partial charge in [-0.2, -0.15) is 0 Å². The van der Waals surface area contributed by atoms with Crippen LogP contribution in [-0.2, 0) is 9.59 Å². The van der Waals surface area contributed by atoms with Crippen LogP contribution in [0.25, 0.3) is 0 Å². The minimum atomic E-state index is -0.993. The van der Waals surface area contributed by atoms with Crippen LogP contribution in [0.2, 0.25) is 0 Å². The lowest BCUT2D eigenvalue weighted by molar-refractivity contribution is -0.137. The topological polar surface area (TPSA) is 84.9 Å². The van der Waals surface area contributed by atoms with E-state index >= 15 is 0 Å². The lowest BCUT2D eigenvalue weighted by atomic mass is 10.0. The van der Waals surface area contributed by atoms with E-state index in [4.69, 9.17) is 14.6 Å². The number of amides is 1. The standard InChI is InChI=1S/C16H23NO5/c1-10(2)7-15(18)17-13(9-16(19)20)12-6-5-11(21-3)8-14(12)22-4/h5-6,8,10,13H,7,9H2,1-4H3,(H,17,18)(H,19,20). The molecule has 1 unspecified atom stereocenters. The van der Waals surface area contributed by atoms with Gasteiger partial charge in [0.15, 0.2) is 0 Å². The first-order chi connectivity index (χ1) is 10.4. The average molecular weight is 309 g/mol. The molecule has 0 aliphatic rings. The fraction of sp³-hybridized carbons (Fsp3) is 0.500. The van der Waals surface area contributed by atoms with Crippen molar-refractivity contribution in [2.45, 2.75) is 32.7 Å². The smallest absolute Gasteiger partial charge is 0.305 e. The molecule has 0 spiro atoms. The molecule has 122 valence electrons. The minimum absolute atomic E-state index is 0.181. The van der Waals surface area contributed by atoms with E-state index in [-0.39, 0.29) is 18.2 Å². The highest BCUT2D eigenvalue weighted by Crippen LogP contribution is 2.31. The Kier molecular flexibility index (Phi) is 6.69. The largest absolute Gasteiger partial charge is 0.497 e. The second-order valence-corrected chi connectivity index (χ2v) is 5.42. The molecule has 1 amide bonds. The summed E-state index contributed by atoms with van der Waals surface area (Å²) in [5, 5.41) is 11.9. The summed E-state index contributed by atoms with van der Waals surface area (Å²) < 4.78 is 10.4. The number of ether oxygens (including phenoxy) is 2. The molecule has 1 aromatic rings. The van der Waals surface area contributed by atoms with Gasteiger partial charge in [-0.1, -0.05) is 13.8 Å². The number of carboxylic acids is 1. The number of carboxylic acid groups (broad SMARTS) is 1. The van der Waals surface area contributed by atoms with Crippen molar-refractivity contribution in [3.8, 4) is 11.5 Å². The first-order valence-electron chi connectivity index (χ1n) is 7.10. The van der Waals surface area contributed by atoms with Crippen LogP contribution >= 0.6 is 0 Å². The second kappa shape index (κ2) is 8.26. The molecule has 0 aliphatic carbocycles. The van der Waals surface area contributed by atoms with E-state index in [1.54, 1.807) is 18.2 Å². The molecule has 1 rings (SSSR count). The number of hydrogen-bond acceptors (Lipinski definition) is 4. The average Bonchev–Trinajstić information content (AvgIpc) is 2.44. The lowest BCUT2D eigenvalue weighted by Crippen LogP contribution is -2.31. The first kappa shape index (κ1) is 17.8. The number of carbonyl (C=O) groups is 2. The van der Waals surface area contributed by atoms with E-state index in [2.05, 4.69) is 5.32 Å². The predicted molar refractivity (Wildman–Crippen MR) is 82.1 cm³/mol. The first-order valence-corrected chi connectivity index (χ1v) is 7.10. The Balaban J connectivity index is 3.05. The molecule has 6 nitrogen and oxygen atoms in total. The van der Waals surface area contributed by atoms with Gasteiger partial charge in [0.05, 0.1) is 26.7 Å². The van der Waals surface area contributed by atoms with Crippen LogP contribution in [0.5, 0.6) is 11.5 Å². The van der Waals surface area contributed by atoms with E-state index in [1.165, 1.54) is 14.2 Å². The minimum Gasteiger partial charge on any atom is -0.497 e. The van der Waals surface area contributed by atoms with E-state index in [0.717, 1.165) is 0 Å². The summed E-state index contributed by atoms with van der Waals surface area (Å²) in [7, 11) is 3.03. The Morgan fingerprint density at radius 2 is 1.86 bits per heavy atom. The van der Waals surface area contributed by atoms with Crippen molar-refractivity contribution < 1.29 is 24.2 Å². The summed E-state index contributed by atoms with van der Waals surface area (Å²) in [6.45, 7) is 3.86. The van der Waals surface area contributed by atoms with E-state index in [0.29, 0.717) is 23.5 Å². The Hall–Kier alpha value is -2.24. The number of rotatable bonds is 8. The number of carbonyl (C=O) groups excluding carboxylic acids is 1. The molecular formula is C16H23NO5. The molecule has 22 heavy (non-hydrogen) atoms. The molecule has 0 saturated carbocycles. The Morgan fingerprint density at radius 1 is 1.18 bits per heavy atom. The second-order valence-electron chi connectivity index (χ2n) is 5.42. The van der Waals surface area contributed by atoms with Crippen LogP contribution < -0.4 is 14.8 Å². The van der Waals surface area contributed by atoms with Gasteiger partial charge in [-0.15, -0.1) is 0 Å². The summed E-state index contributed by atoms with van der Waals surface area (Å²) >= 11 is 0. The molecule has 0 heterocycles. The third kappa shape index (κ3) is 5.27. The molecule has 0 radical (unpaired) electrons. The normalized spacial score (nSPS) is 11.9. The van der Waals surface area contributed by atoms with Crippen molar-refractivity contribution in [2.75, 3.05) is 14.2 Å². The van der Waals surface area contributed by atoms with E-state index in [9.17, 15) is 9.59 Å². The van der Waals surface area contributed by atoms with Crippen molar-refractivity contribution in [1.29, 1.82) is 0 Å². The summed E-state index contributed by atoms with van der Waals surface area (Å²) in [6, 6.07) is 4.44. The van der Waals surface area contributed by atoms with Crippen molar-refractivity contribution in [1.82, 2.24) is 5.32 Å². The molecular weight excluding hydrogens is 286 g/mol. The van der Waals surface area contributed by atoms with E-state index in [1.807, 2.05) is 13.8 Å². The zero-order valence-corrected chi connectivity index (χ0v) is 13.4. The van der Waals surface area contributed by atoms with Crippen LogP contribution in [0.4, 0.5) is 0 Å². The highest BCUT2D eigenvalue weighted by Gasteiger charge is 2.22. The van der Waals surface area contributed by atoms with Crippen LogP contribution in [0.15, 0.2) is 18.2 Å². The molecule has 1 atom stereocenters.